The van der Waals surface area contributed by atoms with E-state index in [9.17, 15) is 5.11 Å². The Labute approximate surface area is 195 Å². The van der Waals surface area contributed by atoms with Gasteiger partial charge in [-0.1, -0.05) is 78.9 Å². The lowest BCUT2D eigenvalue weighted by atomic mass is 9.80. The lowest BCUT2D eigenvalue weighted by molar-refractivity contribution is -0.0874. The van der Waals surface area contributed by atoms with Crippen LogP contribution in [0.4, 0.5) is 0 Å². The minimum atomic E-state index is -0.894. The zero-order valence-corrected chi connectivity index (χ0v) is 18.8. The van der Waals surface area contributed by atoms with Gasteiger partial charge in [-0.2, -0.15) is 0 Å². The predicted molar refractivity (Wildman–Crippen MR) is 127 cm³/mol. The fourth-order valence-electron chi connectivity index (χ4n) is 4.33. The SMILES string of the molecule is C=CCO[C@@H]1[C@@H](O)CO[C@@H]1COC(c1ccccc1)(c1ccccc1)c1ccc(OC)cc1. The molecule has 0 saturated carbocycles. The second kappa shape index (κ2) is 10.8. The van der Waals surface area contributed by atoms with Gasteiger partial charge in [0.05, 0.1) is 26.9 Å². The fourth-order valence-corrected chi connectivity index (χ4v) is 4.33. The van der Waals surface area contributed by atoms with E-state index in [0.29, 0.717) is 6.61 Å². The fraction of sp³-hybridized carbons (Fsp3) is 0.286. The van der Waals surface area contributed by atoms with Gasteiger partial charge in [0.25, 0.3) is 0 Å². The Morgan fingerprint density at radius 1 is 0.939 bits per heavy atom. The summed E-state index contributed by atoms with van der Waals surface area (Å²) in [4.78, 5) is 0. The van der Waals surface area contributed by atoms with E-state index in [1.165, 1.54) is 0 Å². The molecule has 0 unspecified atom stereocenters. The zero-order valence-electron chi connectivity index (χ0n) is 18.8. The predicted octanol–water partition coefficient (Wildman–Crippen LogP) is 4.33. The molecule has 5 heteroatoms. The van der Waals surface area contributed by atoms with E-state index in [0.717, 1.165) is 22.4 Å². The number of benzene rings is 3. The maximum absolute atomic E-state index is 10.4. The maximum atomic E-state index is 10.4. The molecule has 0 amide bonds. The van der Waals surface area contributed by atoms with Crippen LogP contribution in [-0.4, -0.2) is 50.3 Å². The lowest BCUT2D eigenvalue weighted by Crippen LogP contribution is -2.40. The van der Waals surface area contributed by atoms with Crippen LogP contribution in [0.1, 0.15) is 16.7 Å². The van der Waals surface area contributed by atoms with E-state index >= 15 is 0 Å². The van der Waals surface area contributed by atoms with Crippen molar-refractivity contribution in [3.63, 3.8) is 0 Å². The highest BCUT2D eigenvalue weighted by atomic mass is 16.6. The molecule has 0 bridgehead atoms. The standard InChI is InChI=1S/C28H30O5/c1-3-18-31-27-25(29)19-32-26(27)20-33-28(21-10-6-4-7-11-21,22-12-8-5-9-13-22)23-14-16-24(30-2)17-15-23/h3-17,25-27,29H,1,18-20H2,2H3/t25-,26+,27+/m0/s1. The molecule has 1 aliphatic rings. The van der Waals surface area contributed by atoms with E-state index in [1.807, 2.05) is 60.7 Å². The van der Waals surface area contributed by atoms with Gasteiger partial charge < -0.3 is 24.1 Å². The van der Waals surface area contributed by atoms with Crippen LogP contribution in [-0.2, 0) is 19.8 Å². The molecule has 1 aliphatic heterocycles. The lowest BCUT2D eigenvalue weighted by Gasteiger charge is -2.37. The summed E-state index contributed by atoms with van der Waals surface area (Å²) in [5.74, 6) is 0.772. The third-order valence-electron chi connectivity index (χ3n) is 5.95. The number of methoxy groups -OCH3 is 1. The molecule has 1 fully saturated rings. The van der Waals surface area contributed by atoms with Gasteiger partial charge in [-0.3, -0.25) is 0 Å². The van der Waals surface area contributed by atoms with E-state index < -0.39 is 23.9 Å². The summed E-state index contributed by atoms with van der Waals surface area (Å²) in [7, 11) is 1.65. The molecule has 5 nitrogen and oxygen atoms in total. The Kier molecular flexibility index (Phi) is 7.57. The van der Waals surface area contributed by atoms with E-state index in [2.05, 4.69) is 30.8 Å². The molecule has 33 heavy (non-hydrogen) atoms. The second-order valence-corrected chi connectivity index (χ2v) is 7.98. The smallest absolute Gasteiger partial charge is 0.143 e. The van der Waals surface area contributed by atoms with Gasteiger partial charge in [0.1, 0.15) is 29.7 Å². The molecule has 3 aromatic carbocycles. The highest BCUT2D eigenvalue weighted by Crippen LogP contribution is 2.41. The Hall–Kier alpha value is -2.96. The molecule has 0 aliphatic carbocycles. The van der Waals surface area contributed by atoms with Crippen LogP contribution in [0.2, 0.25) is 0 Å². The van der Waals surface area contributed by atoms with Crippen molar-refractivity contribution >= 4 is 0 Å². The van der Waals surface area contributed by atoms with Crippen LogP contribution in [0.3, 0.4) is 0 Å². The minimum absolute atomic E-state index is 0.210. The Morgan fingerprint density at radius 2 is 1.52 bits per heavy atom. The van der Waals surface area contributed by atoms with Crippen molar-refractivity contribution in [1.82, 2.24) is 0 Å². The van der Waals surface area contributed by atoms with Crippen molar-refractivity contribution in [3.05, 3.63) is 114 Å². The van der Waals surface area contributed by atoms with Crippen molar-refractivity contribution < 1.29 is 24.1 Å². The molecule has 0 spiro atoms. The van der Waals surface area contributed by atoms with Crippen molar-refractivity contribution in [2.45, 2.75) is 23.9 Å². The van der Waals surface area contributed by atoms with Crippen molar-refractivity contribution in [2.75, 3.05) is 26.9 Å². The van der Waals surface area contributed by atoms with Crippen molar-refractivity contribution in [3.8, 4) is 5.75 Å². The Bertz CT molecular complexity index is 964. The first-order chi connectivity index (χ1) is 16.2. The van der Waals surface area contributed by atoms with E-state index in [4.69, 9.17) is 18.9 Å². The molecule has 4 rings (SSSR count). The van der Waals surface area contributed by atoms with E-state index in [-0.39, 0.29) is 13.2 Å². The molecule has 0 aromatic heterocycles. The van der Waals surface area contributed by atoms with Crippen LogP contribution in [0, 0.1) is 0 Å². The highest BCUT2D eigenvalue weighted by molar-refractivity contribution is 5.48. The number of hydrogen-bond acceptors (Lipinski definition) is 5. The summed E-state index contributed by atoms with van der Waals surface area (Å²) < 4.78 is 23.9. The first kappa shape index (κ1) is 23.2. The van der Waals surface area contributed by atoms with Gasteiger partial charge in [0.2, 0.25) is 0 Å². The second-order valence-electron chi connectivity index (χ2n) is 7.98. The number of aliphatic hydroxyl groups excluding tert-OH is 1. The van der Waals surface area contributed by atoms with Gasteiger partial charge >= 0.3 is 0 Å². The monoisotopic (exact) mass is 446 g/mol. The first-order valence-corrected chi connectivity index (χ1v) is 11.1. The van der Waals surface area contributed by atoms with Gasteiger partial charge in [-0.25, -0.2) is 0 Å². The Morgan fingerprint density at radius 3 is 2.06 bits per heavy atom. The van der Waals surface area contributed by atoms with Crippen LogP contribution < -0.4 is 4.74 Å². The number of rotatable bonds is 10. The van der Waals surface area contributed by atoms with Gasteiger partial charge in [0, 0.05) is 0 Å². The quantitative estimate of drug-likeness (QED) is 0.371. The van der Waals surface area contributed by atoms with Crippen molar-refractivity contribution in [2.24, 2.45) is 0 Å². The Balaban J connectivity index is 1.77. The first-order valence-electron chi connectivity index (χ1n) is 11.1. The summed E-state index contributed by atoms with van der Waals surface area (Å²) in [5.41, 5.74) is 2.05. The van der Waals surface area contributed by atoms with E-state index in [1.54, 1.807) is 13.2 Å². The van der Waals surface area contributed by atoms with Gasteiger partial charge in [-0.15, -0.1) is 6.58 Å². The number of aliphatic hydroxyl groups is 1. The molecule has 3 atom stereocenters. The van der Waals surface area contributed by atoms with Crippen molar-refractivity contribution in [1.29, 1.82) is 0 Å². The summed E-state index contributed by atoms with van der Waals surface area (Å²) in [6, 6.07) is 28.2. The molecule has 172 valence electrons. The average Bonchev–Trinajstić information content (AvgIpc) is 3.23. The molecule has 1 N–H and O–H groups in total. The van der Waals surface area contributed by atoms with Crippen LogP contribution in [0.5, 0.6) is 5.75 Å². The normalized spacial score (nSPS) is 20.5. The largest absolute Gasteiger partial charge is 0.497 e. The average molecular weight is 447 g/mol. The summed E-state index contributed by atoms with van der Waals surface area (Å²) in [5, 5.41) is 10.4. The zero-order chi connectivity index (χ0) is 23.1. The maximum Gasteiger partial charge on any atom is 0.143 e. The third kappa shape index (κ3) is 4.87. The topological polar surface area (TPSA) is 57.2 Å². The molecular formula is C28H30O5. The minimum Gasteiger partial charge on any atom is -0.497 e. The summed E-state index contributed by atoms with van der Waals surface area (Å²) in [6.45, 7) is 4.48. The van der Waals surface area contributed by atoms with Crippen LogP contribution in [0.25, 0.3) is 0 Å². The van der Waals surface area contributed by atoms with Crippen LogP contribution in [0.15, 0.2) is 97.6 Å². The van der Waals surface area contributed by atoms with Gasteiger partial charge in [0.15, 0.2) is 0 Å². The number of ether oxygens (including phenoxy) is 4. The number of hydrogen-bond donors (Lipinski definition) is 1. The molecule has 3 aromatic rings. The van der Waals surface area contributed by atoms with Crippen LogP contribution >= 0.6 is 0 Å². The van der Waals surface area contributed by atoms with Gasteiger partial charge in [-0.05, 0) is 28.8 Å². The molecule has 1 heterocycles. The third-order valence-corrected chi connectivity index (χ3v) is 5.95. The molecular weight excluding hydrogens is 416 g/mol. The molecule has 0 radical (unpaired) electrons. The highest BCUT2D eigenvalue weighted by Gasteiger charge is 2.42. The summed E-state index contributed by atoms with van der Waals surface area (Å²) in [6.07, 6.45) is 0.0638. The molecule has 1 saturated heterocycles. The summed E-state index contributed by atoms with van der Waals surface area (Å²) >= 11 is 0.